The number of nitrogens with one attached hydrogen (secondary N) is 1. The Labute approximate surface area is 121 Å². The lowest BCUT2D eigenvalue weighted by molar-refractivity contribution is -0.121. The zero-order chi connectivity index (χ0) is 15.0. The fraction of sp³-hybridized carbons (Fsp3) is 0.562. The molecular formula is C16H25NO3. The van der Waals surface area contributed by atoms with Crippen LogP contribution in [0.4, 0.5) is 0 Å². The van der Waals surface area contributed by atoms with Gasteiger partial charge in [-0.25, -0.2) is 0 Å². The molecule has 1 amide bonds. The van der Waals surface area contributed by atoms with Gasteiger partial charge in [0.25, 0.3) is 0 Å². The first-order valence-electron chi connectivity index (χ1n) is 7.14. The summed E-state index contributed by atoms with van der Waals surface area (Å²) >= 11 is 0. The molecule has 1 rings (SSSR count). The zero-order valence-electron chi connectivity index (χ0n) is 12.6. The average Bonchev–Trinajstić information content (AvgIpc) is 2.42. The number of carbonyl (C=O) groups is 1. The molecule has 4 nitrogen and oxygen atoms in total. The Kier molecular flexibility index (Phi) is 7.09. The van der Waals surface area contributed by atoms with E-state index in [0.29, 0.717) is 26.0 Å². The maximum atomic E-state index is 11.6. The summed E-state index contributed by atoms with van der Waals surface area (Å²) in [6.45, 7) is 6.68. The van der Waals surface area contributed by atoms with Crippen molar-refractivity contribution in [3.8, 4) is 5.75 Å². The molecule has 20 heavy (non-hydrogen) atoms. The van der Waals surface area contributed by atoms with Gasteiger partial charge in [-0.05, 0) is 30.9 Å². The van der Waals surface area contributed by atoms with Gasteiger partial charge in [0.2, 0.25) is 5.91 Å². The van der Waals surface area contributed by atoms with E-state index in [1.165, 1.54) is 0 Å². The lowest BCUT2D eigenvalue weighted by atomic mass is 10.1. The van der Waals surface area contributed by atoms with Crippen LogP contribution in [0, 0.1) is 12.8 Å². The summed E-state index contributed by atoms with van der Waals surface area (Å²) in [7, 11) is 0. The molecule has 0 spiro atoms. The molecule has 0 aliphatic heterocycles. The second-order valence-corrected chi connectivity index (χ2v) is 5.33. The van der Waals surface area contributed by atoms with Crippen LogP contribution in [-0.2, 0) is 4.79 Å². The Morgan fingerprint density at radius 3 is 2.70 bits per heavy atom. The standard InChI is InChI=1S/C16H25NO3/c1-12(2)14(18)11-17-16(19)9-6-10-20-15-8-5-4-7-13(15)3/h4-5,7-8,12,14,18H,6,9-11H2,1-3H3,(H,17,19). The highest BCUT2D eigenvalue weighted by molar-refractivity contribution is 5.75. The minimum atomic E-state index is -0.484. The van der Waals surface area contributed by atoms with Gasteiger partial charge in [-0.2, -0.15) is 0 Å². The third-order valence-electron chi connectivity index (χ3n) is 3.18. The van der Waals surface area contributed by atoms with Gasteiger partial charge < -0.3 is 15.2 Å². The van der Waals surface area contributed by atoms with E-state index in [-0.39, 0.29) is 11.8 Å². The summed E-state index contributed by atoms with van der Waals surface area (Å²) < 4.78 is 5.62. The van der Waals surface area contributed by atoms with Crippen LogP contribution in [0.1, 0.15) is 32.3 Å². The number of benzene rings is 1. The van der Waals surface area contributed by atoms with Crippen LogP contribution in [0.2, 0.25) is 0 Å². The fourth-order valence-corrected chi connectivity index (χ4v) is 1.68. The van der Waals surface area contributed by atoms with Gasteiger partial charge in [0, 0.05) is 13.0 Å². The van der Waals surface area contributed by atoms with Crippen LogP contribution >= 0.6 is 0 Å². The zero-order valence-corrected chi connectivity index (χ0v) is 12.6. The van der Waals surface area contributed by atoms with E-state index in [0.717, 1.165) is 11.3 Å². The summed E-state index contributed by atoms with van der Waals surface area (Å²) in [6, 6.07) is 7.82. The Balaban J connectivity index is 2.15. The van der Waals surface area contributed by atoms with E-state index >= 15 is 0 Å². The highest BCUT2D eigenvalue weighted by atomic mass is 16.5. The van der Waals surface area contributed by atoms with E-state index in [4.69, 9.17) is 4.74 Å². The number of hydrogen-bond donors (Lipinski definition) is 2. The van der Waals surface area contributed by atoms with Crippen LogP contribution in [0.5, 0.6) is 5.75 Å². The summed E-state index contributed by atoms with van der Waals surface area (Å²) in [6.07, 6.45) is 0.594. The number of ether oxygens (including phenoxy) is 1. The van der Waals surface area contributed by atoms with Crippen LogP contribution in [0.25, 0.3) is 0 Å². The van der Waals surface area contributed by atoms with E-state index in [1.807, 2.05) is 45.0 Å². The minimum Gasteiger partial charge on any atom is -0.493 e. The van der Waals surface area contributed by atoms with Crippen molar-refractivity contribution >= 4 is 5.91 Å². The maximum Gasteiger partial charge on any atom is 0.220 e. The molecule has 0 radical (unpaired) electrons. The molecule has 0 bridgehead atoms. The molecule has 2 N–H and O–H groups in total. The first kappa shape index (κ1) is 16.5. The van der Waals surface area contributed by atoms with Crippen molar-refractivity contribution in [1.82, 2.24) is 5.32 Å². The normalized spacial score (nSPS) is 12.2. The summed E-state index contributed by atoms with van der Waals surface area (Å²) in [5, 5.41) is 12.3. The molecule has 1 aromatic rings. The predicted molar refractivity (Wildman–Crippen MR) is 79.8 cm³/mol. The number of aryl methyl sites for hydroxylation is 1. The molecule has 1 unspecified atom stereocenters. The lowest BCUT2D eigenvalue weighted by Crippen LogP contribution is -2.34. The Bertz CT molecular complexity index is 418. The first-order chi connectivity index (χ1) is 9.50. The van der Waals surface area contributed by atoms with Crippen molar-refractivity contribution in [2.75, 3.05) is 13.2 Å². The first-order valence-corrected chi connectivity index (χ1v) is 7.14. The Morgan fingerprint density at radius 1 is 1.35 bits per heavy atom. The number of aliphatic hydroxyl groups excluding tert-OH is 1. The number of para-hydroxylation sites is 1. The third kappa shape index (κ3) is 6.06. The van der Waals surface area contributed by atoms with Crippen molar-refractivity contribution in [2.45, 2.75) is 39.7 Å². The minimum absolute atomic E-state index is 0.0434. The van der Waals surface area contributed by atoms with Crippen LogP contribution in [0.15, 0.2) is 24.3 Å². The highest BCUT2D eigenvalue weighted by Crippen LogP contribution is 2.16. The van der Waals surface area contributed by atoms with E-state index in [9.17, 15) is 9.90 Å². The number of hydrogen-bond acceptors (Lipinski definition) is 3. The number of aliphatic hydroxyl groups is 1. The smallest absolute Gasteiger partial charge is 0.220 e. The summed E-state index contributed by atoms with van der Waals surface area (Å²) in [5.41, 5.74) is 1.09. The van der Waals surface area contributed by atoms with Gasteiger partial charge in [0.05, 0.1) is 12.7 Å². The third-order valence-corrected chi connectivity index (χ3v) is 3.18. The number of carbonyl (C=O) groups excluding carboxylic acids is 1. The molecule has 0 aromatic heterocycles. The average molecular weight is 279 g/mol. The molecule has 0 aliphatic carbocycles. The second kappa shape index (κ2) is 8.59. The lowest BCUT2D eigenvalue weighted by Gasteiger charge is -2.15. The predicted octanol–water partition coefficient (Wildman–Crippen LogP) is 2.29. The molecule has 0 saturated carbocycles. The monoisotopic (exact) mass is 279 g/mol. The van der Waals surface area contributed by atoms with Gasteiger partial charge in [-0.3, -0.25) is 4.79 Å². The molecule has 4 heteroatoms. The summed E-state index contributed by atoms with van der Waals surface area (Å²) in [4.78, 5) is 11.6. The molecule has 1 atom stereocenters. The van der Waals surface area contributed by atoms with Gasteiger partial charge in [0.15, 0.2) is 0 Å². The Morgan fingerprint density at radius 2 is 2.05 bits per heavy atom. The molecule has 0 heterocycles. The largest absolute Gasteiger partial charge is 0.493 e. The molecule has 1 aromatic carbocycles. The molecule has 0 aliphatic rings. The van der Waals surface area contributed by atoms with Crippen LogP contribution in [0.3, 0.4) is 0 Å². The van der Waals surface area contributed by atoms with Crippen molar-refractivity contribution < 1.29 is 14.6 Å². The van der Waals surface area contributed by atoms with E-state index in [1.54, 1.807) is 0 Å². The maximum absolute atomic E-state index is 11.6. The van der Waals surface area contributed by atoms with Crippen LogP contribution < -0.4 is 10.1 Å². The van der Waals surface area contributed by atoms with Crippen molar-refractivity contribution in [3.63, 3.8) is 0 Å². The quantitative estimate of drug-likeness (QED) is 0.718. The molecule has 0 saturated heterocycles. The van der Waals surface area contributed by atoms with Crippen molar-refractivity contribution in [2.24, 2.45) is 5.92 Å². The van der Waals surface area contributed by atoms with Gasteiger partial charge in [-0.1, -0.05) is 32.0 Å². The van der Waals surface area contributed by atoms with Gasteiger partial charge in [-0.15, -0.1) is 0 Å². The number of amides is 1. The topological polar surface area (TPSA) is 58.6 Å². The number of rotatable bonds is 8. The Hall–Kier alpha value is -1.55. The van der Waals surface area contributed by atoms with Gasteiger partial charge >= 0.3 is 0 Å². The van der Waals surface area contributed by atoms with Crippen LogP contribution in [-0.4, -0.2) is 30.3 Å². The highest BCUT2D eigenvalue weighted by Gasteiger charge is 2.10. The van der Waals surface area contributed by atoms with E-state index in [2.05, 4.69) is 5.32 Å². The second-order valence-electron chi connectivity index (χ2n) is 5.33. The van der Waals surface area contributed by atoms with Gasteiger partial charge in [0.1, 0.15) is 5.75 Å². The SMILES string of the molecule is Cc1ccccc1OCCCC(=O)NCC(O)C(C)C. The van der Waals surface area contributed by atoms with Crippen molar-refractivity contribution in [1.29, 1.82) is 0 Å². The fourth-order valence-electron chi connectivity index (χ4n) is 1.68. The molecule has 112 valence electrons. The molecule has 0 fully saturated rings. The van der Waals surface area contributed by atoms with E-state index < -0.39 is 6.10 Å². The van der Waals surface area contributed by atoms with Crippen molar-refractivity contribution in [3.05, 3.63) is 29.8 Å². The molecular weight excluding hydrogens is 254 g/mol. The summed E-state index contributed by atoms with van der Waals surface area (Å²) in [5.74, 6) is 0.973.